The second-order valence-electron chi connectivity index (χ2n) is 6.09. The lowest BCUT2D eigenvalue weighted by molar-refractivity contribution is -0.136. The zero-order valence-corrected chi connectivity index (χ0v) is 13.2. The van der Waals surface area contributed by atoms with Crippen molar-refractivity contribution >= 4 is 17.5 Å². The van der Waals surface area contributed by atoms with Crippen LogP contribution < -0.4 is 10.6 Å². The molecule has 1 aliphatic carbocycles. The van der Waals surface area contributed by atoms with Crippen molar-refractivity contribution in [3.8, 4) is 0 Å². The molecule has 5 nitrogen and oxygen atoms in total. The Kier molecular flexibility index (Phi) is 5.55. The minimum Gasteiger partial charge on any atom is -0.393 e. The molecule has 1 saturated carbocycles. The molecule has 0 aromatic heterocycles. The van der Waals surface area contributed by atoms with Crippen molar-refractivity contribution in [2.24, 2.45) is 5.92 Å². The summed E-state index contributed by atoms with van der Waals surface area (Å²) in [6.45, 7) is 4.16. The molecule has 0 saturated heterocycles. The first-order valence-electron chi connectivity index (χ1n) is 7.82. The van der Waals surface area contributed by atoms with Gasteiger partial charge in [-0.25, -0.2) is 0 Å². The summed E-state index contributed by atoms with van der Waals surface area (Å²) in [4.78, 5) is 23.8. The van der Waals surface area contributed by atoms with Crippen molar-refractivity contribution in [2.75, 3.05) is 11.9 Å². The van der Waals surface area contributed by atoms with Crippen molar-refractivity contribution in [1.29, 1.82) is 0 Å². The van der Waals surface area contributed by atoms with Crippen LogP contribution in [0.2, 0.25) is 0 Å². The molecule has 1 aromatic carbocycles. The Morgan fingerprint density at radius 3 is 2.64 bits per heavy atom. The lowest BCUT2D eigenvalue weighted by Crippen LogP contribution is -2.41. The van der Waals surface area contributed by atoms with Crippen LogP contribution in [0.4, 0.5) is 5.69 Å². The number of aliphatic hydroxyl groups excluding tert-OH is 1. The van der Waals surface area contributed by atoms with Crippen molar-refractivity contribution in [3.05, 3.63) is 29.3 Å². The van der Waals surface area contributed by atoms with Crippen LogP contribution in [0.1, 0.15) is 36.8 Å². The van der Waals surface area contributed by atoms with Crippen LogP contribution >= 0.6 is 0 Å². The van der Waals surface area contributed by atoms with Gasteiger partial charge in [0.05, 0.1) is 6.10 Å². The van der Waals surface area contributed by atoms with Gasteiger partial charge in [-0.1, -0.05) is 25.0 Å². The molecule has 2 rings (SSSR count). The second-order valence-corrected chi connectivity index (χ2v) is 6.09. The Balaban J connectivity index is 1.86. The third kappa shape index (κ3) is 4.31. The second kappa shape index (κ2) is 7.40. The molecule has 3 N–H and O–H groups in total. The number of aryl methyl sites for hydroxylation is 2. The van der Waals surface area contributed by atoms with E-state index in [2.05, 4.69) is 10.6 Å². The normalized spacial score (nSPS) is 21.2. The predicted molar refractivity (Wildman–Crippen MR) is 85.5 cm³/mol. The molecule has 0 aliphatic heterocycles. The number of rotatable bonds is 3. The van der Waals surface area contributed by atoms with E-state index in [1.807, 2.05) is 32.0 Å². The molecule has 1 aliphatic rings. The number of carbonyl (C=O) groups excluding carboxylic acids is 2. The van der Waals surface area contributed by atoms with E-state index < -0.39 is 11.8 Å². The molecule has 22 heavy (non-hydrogen) atoms. The molecule has 0 bridgehead atoms. The van der Waals surface area contributed by atoms with Crippen LogP contribution in [0.25, 0.3) is 0 Å². The molecule has 1 fully saturated rings. The van der Waals surface area contributed by atoms with Crippen LogP contribution in [0.3, 0.4) is 0 Å². The maximum atomic E-state index is 11.9. The van der Waals surface area contributed by atoms with Crippen LogP contribution in [0.5, 0.6) is 0 Å². The molecular weight excluding hydrogens is 280 g/mol. The van der Waals surface area contributed by atoms with Crippen LogP contribution in [-0.4, -0.2) is 29.6 Å². The number of hydrogen-bond acceptors (Lipinski definition) is 3. The first-order chi connectivity index (χ1) is 10.5. The van der Waals surface area contributed by atoms with E-state index in [0.29, 0.717) is 12.2 Å². The number of nitrogens with one attached hydrogen (secondary N) is 2. The van der Waals surface area contributed by atoms with E-state index in [4.69, 9.17) is 0 Å². The molecule has 120 valence electrons. The van der Waals surface area contributed by atoms with Crippen molar-refractivity contribution in [1.82, 2.24) is 5.32 Å². The summed E-state index contributed by atoms with van der Waals surface area (Å²) in [6, 6.07) is 5.70. The molecule has 2 atom stereocenters. The van der Waals surface area contributed by atoms with Crippen molar-refractivity contribution in [3.63, 3.8) is 0 Å². The van der Waals surface area contributed by atoms with Crippen molar-refractivity contribution in [2.45, 2.75) is 45.6 Å². The highest BCUT2D eigenvalue weighted by Gasteiger charge is 2.24. The number of anilines is 1. The number of hydrogen-bond donors (Lipinski definition) is 3. The summed E-state index contributed by atoms with van der Waals surface area (Å²) >= 11 is 0. The Hall–Kier alpha value is -1.88. The lowest BCUT2D eigenvalue weighted by Gasteiger charge is -2.27. The number of carbonyl (C=O) groups is 2. The minimum absolute atomic E-state index is 0.0474. The summed E-state index contributed by atoms with van der Waals surface area (Å²) in [5.41, 5.74) is 2.58. The van der Waals surface area contributed by atoms with E-state index in [1.165, 1.54) is 0 Å². The molecule has 0 heterocycles. The quantitative estimate of drug-likeness (QED) is 0.746. The van der Waals surface area contributed by atoms with Crippen LogP contribution in [-0.2, 0) is 9.59 Å². The fraction of sp³-hybridized carbons (Fsp3) is 0.529. The molecule has 0 radical (unpaired) electrons. The monoisotopic (exact) mass is 304 g/mol. The van der Waals surface area contributed by atoms with Gasteiger partial charge in [-0.05, 0) is 43.9 Å². The largest absolute Gasteiger partial charge is 0.393 e. The predicted octanol–water partition coefficient (Wildman–Crippen LogP) is 1.91. The summed E-state index contributed by atoms with van der Waals surface area (Å²) in [5.74, 6) is -1.27. The first kappa shape index (κ1) is 16.5. The smallest absolute Gasteiger partial charge is 0.313 e. The van der Waals surface area contributed by atoms with Crippen LogP contribution in [0.15, 0.2) is 18.2 Å². The minimum atomic E-state index is -0.668. The number of benzene rings is 1. The Bertz CT molecular complexity index is 557. The molecule has 0 unspecified atom stereocenters. The first-order valence-corrected chi connectivity index (χ1v) is 7.82. The van der Waals surface area contributed by atoms with E-state index in [0.717, 1.165) is 36.8 Å². The number of aliphatic hydroxyl groups is 1. The molecule has 1 aromatic rings. The summed E-state index contributed by atoms with van der Waals surface area (Å²) in [6.07, 6.45) is 3.37. The maximum absolute atomic E-state index is 11.9. The lowest BCUT2D eigenvalue weighted by atomic mass is 9.86. The van der Waals surface area contributed by atoms with Crippen molar-refractivity contribution < 1.29 is 14.7 Å². The summed E-state index contributed by atoms with van der Waals surface area (Å²) in [7, 11) is 0. The maximum Gasteiger partial charge on any atom is 0.313 e. The van der Waals surface area contributed by atoms with Gasteiger partial charge in [0.1, 0.15) is 0 Å². The van der Waals surface area contributed by atoms with Gasteiger partial charge in [-0.2, -0.15) is 0 Å². The highest BCUT2D eigenvalue weighted by Crippen LogP contribution is 2.23. The van der Waals surface area contributed by atoms with Gasteiger partial charge < -0.3 is 15.7 Å². The van der Waals surface area contributed by atoms with E-state index >= 15 is 0 Å². The molecular formula is C17H24N2O3. The Labute approximate surface area is 131 Å². The third-order valence-corrected chi connectivity index (χ3v) is 4.24. The molecule has 0 spiro atoms. The molecule has 2 amide bonds. The highest BCUT2D eigenvalue weighted by molar-refractivity contribution is 6.39. The Morgan fingerprint density at radius 2 is 1.91 bits per heavy atom. The summed E-state index contributed by atoms with van der Waals surface area (Å²) in [5, 5.41) is 15.1. The zero-order chi connectivity index (χ0) is 16.1. The van der Waals surface area contributed by atoms with Crippen LogP contribution in [0, 0.1) is 19.8 Å². The van der Waals surface area contributed by atoms with Gasteiger partial charge in [-0.15, -0.1) is 0 Å². The fourth-order valence-corrected chi connectivity index (χ4v) is 2.78. The van der Waals surface area contributed by atoms with Gasteiger partial charge >= 0.3 is 11.8 Å². The van der Waals surface area contributed by atoms with E-state index in [1.54, 1.807) is 0 Å². The van der Waals surface area contributed by atoms with Gasteiger partial charge in [0.15, 0.2) is 0 Å². The zero-order valence-electron chi connectivity index (χ0n) is 13.2. The van der Waals surface area contributed by atoms with Gasteiger partial charge in [-0.3, -0.25) is 9.59 Å². The topological polar surface area (TPSA) is 78.4 Å². The standard InChI is InChI=1S/C17H24N2O3/c1-11-7-8-12(2)14(9-11)19-17(22)16(21)18-10-13-5-3-4-6-15(13)20/h7-9,13,15,20H,3-6,10H2,1-2H3,(H,18,21)(H,19,22)/t13-,15-/m0/s1. The molecule has 5 heteroatoms. The fourth-order valence-electron chi connectivity index (χ4n) is 2.78. The Morgan fingerprint density at radius 1 is 1.18 bits per heavy atom. The highest BCUT2D eigenvalue weighted by atomic mass is 16.3. The van der Waals surface area contributed by atoms with E-state index in [9.17, 15) is 14.7 Å². The SMILES string of the molecule is Cc1ccc(C)c(NC(=O)C(=O)NC[C@@H]2CCCC[C@@H]2O)c1. The van der Waals surface area contributed by atoms with Gasteiger partial charge in [0.25, 0.3) is 0 Å². The number of amides is 2. The van der Waals surface area contributed by atoms with Gasteiger partial charge in [0.2, 0.25) is 0 Å². The third-order valence-electron chi connectivity index (χ3n) is 4.24. The van der Waals surface area contributed by atoms with E-state index in [-0.39, 0.29) is 12.0 Å². The average molecular weight is 304 g/mol. The van der Waals surface area contributed by atoms with Gasteiger partial charge in [0, 0.05) is 18.2 Å². The average Bonchev–Trinajstić information content (AvgIpc) is 2.49. The summed E-state index contributed by atoms with van der Waals surface area (Å²) < 4.78 is 0.